The van der Waals surface area contributed by atoms with Gasteiger partial charge in [-0.2, -0.15) is 0 Å². The van der Waals surface area contributed by atoms with E-state index in [1.165, 1.54) is 5.56 Å². The molecule has 0 bridgehead atoms. The monoisotopic (exact) mass is 391 g/mol. The van der Waals surface area contributed by atoms with Crippen molar-refractivity contribution in [3.8, 4) is 11.5 Å². The Bertz CT molecular complexity index is 832. The van der Waals surface area contributed by atoms with Crippen molar-refractivity contribution in [3.63, 3.8) is 0 Å². The van der Waals surface area contributed by atoms with Gasteiger partial charge in [0.1, 0.15) is 0 Å². The summed E-state index contributed by atoms with van der Waals surface area (Å²) in [6, 6.07) is 11.2. The van der Waals surface area contributed by atoms with E-state index in [2.05, 4.69) is 12.1 Å². The van der Waals surface area contributed by atoms with Crippen LogP contribution in [0.15, 0.2) is 36.4 Å². The first-order valence-corrected chi connectivity index (χ1v) is 9.48. The topological polar surface area (TPSA) is 38.8 Å². The standard InChI is InChI=1S/C20H19Cl2NO3/c21-16-3-2-15(11-17(16)22)20(24)23-7-5-13(6-8-23)9-14-1-4-18-19(10-14)26-12-25-18/h1-4,10-11,13H,5-9,12H2. The lowest BCUT2D eigenvalue weighted by Crippen LogP contribution is -2.38. The Morgan fingerprint density at radius 1 is 1.00 bits per heavy atom. The number of amides is 1. The highest BCUT2D eigenvalue weighted by molar-refractivity contribution is 6.42. The van der Waals surface area contributed by atoms with E-state index in [0.717, 1.165) is 43.9 Å². The minimum absolute atomic E-state index is 0.0186. The van der Waals surface area contributed by atoms with Gasteiger partial charge in [0, 0.05) is 18.7 Å². The van der Waals surface area contributed by atoms with Gasteiger partial charge in [-0.1, -0.05) is 29.3 Å². The summed E-state index contributed by atoms with van der Waals surface area (Å²) in [5.74, 6) is 2.23. The number of hydrogen-bond donors (Lipinski definition) is 0. The highest BCUT2D eigenvalue weighted by Gasteiger charge is 2.24. The average Bonchev–Trinajstić information content (AvgIpc) is 3.12. The van der Waals surface area contributed by atoms with Crippen molar-refractivity contribution >= 4 is 29.1 Å². The molecule has 4 rings (SSSR count). The molecule has 0 atom stereocenters. The lowest BCUT2D eigenvalue weighted by atomic mass is 9.90. The Balaban J connectivity index is 1.35. The highest BCUT2D eigenvalue weighted by Crippen LogP contribution is 2.34. The van der Waals surface area contributed by atoms with Crippen LogP contribution in [0, 0.1) is 5.92 Å². The first kappa shape index (κ1) is 17.5. The van der Waals surface area contributed by atoms with Crippen LogP contribution in [0.1, 0.15) is 28.8 Å². The Kier molecular flexibility index (Phi) is 4.96. The van der Waals surface area contributed by atoms with Crippen LogP contribution < -0.4 is 9.47 Å². The molecule has 0 spiro atoms. The molecule has 136 valence electrons. The second-order valence-corrected chi connectivity index (χ2v) is 7.57. The van der Waals surface area contributed by atoms with Gasteiger partial charge in [-0.25, -0.2) is 0 Å². The van der Waals surface area contributed by atoms with Crippen molar-refractivity contribution in [1.29, 1.82) is 0 Å². The first-order chi connectivity index (χ1) is 12.6. The summed E-state index contributed by atoms with van der Waals surface area (Å²) in [6.45, 7) is 1.82. The number of piperidine rings is 1. The minimum Gasteiger partial charge on any atom is -0.454 e. The SMILES string of the molecule is O=C(c1ccc(Cl)c(Cl)c1)N1CCC(Cc2ccc3c(c2)OCO3)CC1. The van der Waals surface area contributed by atoms with E-state index in [0.29, 0.717) is 28.3 Å². The molecule has 0 unspecified atom stereocenters. The number of hydrogen-bond acceptors (Lipinski definition) is 3. The van der Waals surface area contributed by atoms with E-state index in [1.54, 1.807) is 18.2 Å². The number of benzene rings is 2. The van der Waals surface area contributed by atoms with Crippen LogP contribution in [0.3, 0.4) is 0 Å². The quantitative estimate of drug-likeness (QED) is 0.752. The van der Waals surface area contributed by atoms with Gasteiger partial charge in [0.05, 0.1) is 10.0 Å². The first-order valence-electron chi connectivity index (χ1n) is 8.73. The molecular weight excluding hydrogens is 373 g/mol. The maximum atomic E-state index is 12.6. The molecule has 1 saturated heterocycles. The predicted octanol–water partition coefficient (Wildman–Crippen LogP) is 4.82. The van der Waals surface area contributed by atoms with E-state index < -0.39 is 0 Å². The number of carbonyl (C=O) groups is 1. The van der Waals surface area contributed by atoms with Crippen molar-refractivity contribution in [2.45, 2.75) is 19.3 Å². The van der Waals surface area contributed by atoms with Gasteiger partial charge < -0.3 is 14.4 Å². The molecule has 26 heavy (non-hydrogen) atoms. The minimum atomic E-state index is 0.0186. The van der Waals surface area contributed by atoms with Crippen molar-refractivity contribution in [2.75, 3.05) is 19.9 Å². The number of carbonyl (C=O) groups excluding carboxylic acids is 1. The van der Waals surface area contributed by atoms with E-state index in [1.807, 2.05) is 11.0 Å². The molecule has 0 aromatic heterocycles. The number of nitrogens with zero attached hydrogens (tertiary/aromatic N) is 1. The number of rotatable bonds is 3. The summed E-state index contributed by atoms with van der Waals surface area (Å²) in [7, 11) is 0. The van der Waals surface area contributed by atoms with Gasteiger partial charge in [0.2, 0.25) is 6.79 Å². The molecule has 1 amide bonds. The highest BCUT2D eigenvalue weighted by atomic mass is 35.5. The molecule has 2 heterocycles. The molecule has 2 aliphatic rings. The maximum Gasteiger partial charge on any atom is 0.253 e. The van der Waals surface area contributed by atoms with Gasteiger partial charge >= 0.3 is 0 Å². The van der Waals surface area contributed by atoms with Gasteiger partial charge in [-0.05, 0) is 61.1 Å². The number of halogens is 2. The largest absolute Gasteiger partial charge is 0.454 e. The average molecular weight is 392 g/mol. The van der Waals surface area contributed by atoms with Crippen molar-refractivity contribution in [1.82, 2.24) is 4.90 Å². The van der Waals surface area contributed by atoms with Crippen LogP contribution in [0.5, 0.6) is 11.5 Å². The second-order valence-electron chi connectivity index (χ2n) is 6.76. The molecule has 2 aliphatic heterocycles. The summed E-state index contributed by atoms with van der Waals surface area (Å²) in [5, 5.41) is 0.876. The van der Waals surface area contributed by atoms with E-state index in [9.17, 15) is 4.79 Å². The molecule has 4 nitrogen and oxygen atoms in total. The van der Waals surface area contributed by atoms with Crippen LogP contribution >= 0.6 is 23.2 Å². The molecule has 0 N–H and O–H groups in total. The van der Waals surface area contributed by atoms with Gasteiger partial charge in [-0.15, -0.1) is 0 Å². The van der Waals surface area contributed by atoms with Crippen LogP contribution in [-0.2, 0) is 6.42 Å². The molecule has 6 heteroatoms. The summed E-state index contributed by atoms with van der Waals surface area (Å²) in [6.07, 6.45) is 2.97. The fourth-order valence-electron chi connectivity index (χ4n) is 3.55. The normalized spacial score (nSPS) is 16.8. The molecule has 0 radical (unpaired) electrons. The van der Waals surface area contributed by atoms with E-state index in [4.69, 9.17) is 32.7 Å². The summed E-state index contributed by atoms with van der Waals surface area (Å²) >= 11 is 12.0. The predicted molar refractivity (Wildman–Crippen MR) is 101 cm³/mol. The Morgan fingerprint density at radius 2 is 1.77 bits per heavy atom. The third kappa shape index (κ3) is 3.62. The van der Waals surface area contributed by atoms with E-state index in [-0.39, 0.29) is 5.91 Å². The second kappa shape index (κ2) is 7.37. The number of fused-ring (bicyclic) bond motifs is 1. The zero-order chi connectivity index (χ0) is 18.1. The van der Waals surface area contributed by atoms with Gasteiger partial charge in [0.25, 0.3) is 5.91 Å². The summed E-state index contributed by atoms with van der Waals surface area (Å²) in [5.41, 5.74) is 1.84. The van der Waals surface area contributed by atoms with Crippen LogP contribution in [0.4, 0.5) is 0 Å². The summed E-state index contributed by atoms with van der Waals surface area (Å²) in [4.78, 5) is 14.5. The van der Waals surface area contributed by atoms with Crippen molar-refractivity contribution < 1.29 is 14.3 Å². The zero-order valence-corrected chi connectivity index (χ0v) is 15.7. The zero-order valence-electron chi connectivity index (χ0n) is 14.2. The van der Waals surface area contributed by atoms with Gasteiger partial charge in [-0.3, -0.25) is 4.79 Å². The fraction of sp³-hybridized carbons (Fsp3) is 0.350. The molecule has 2 aromatic rings. The van der Waals surface area contributed by atoms with Gasteiger partial charge in [0.15, 0.2) is 11.5 Å². The third-order valence-corrected chi connectivity index (χ3v) is 5.77. The van der Waals surface area contributed by atoms with Crippen LogP contribution in [0.2, 0.25) is 10.0 Å². The molecular formula is C20H19Cl2NO3. The Morgan fingerprint density at radius 3 is 2.54 bits per heavy atom. The van der Waals surface area contributed by atoms with Crippen molar-refractivity contribution in [2.24, 2.45) is 5.92 Å². The smallest absolute Gasteiger partial charge is 0.253 e. The van der Waals surface area contributed by atoms with Crippen LogP contribution in [-0.4, -0.2) is 30.7 Å². The Labute approximate surface area is 162 Å². The lowest BCUT2D eigenvalue weighted by molar-refractivity contribution is 0.0690. The Hall–Kier alpha value is -1.91. The number of likely N-dealkylation sites (tertiary alicyclic amines) is 1. The van der Waals surface area contributed by atoms with Crippen molar-refractivity contribution in [3.05, 3.63) is 57.6 Å². The maximum absolute atomic E-state index is 12.6. The van der Waals surface area contributed by atoms with Crippen LogP contribution in [0.25, 0.3) is 0 Å². The molecule has 1 fully saturated rings. The molecule has 2 aromatic carbocycles. The molecule has 0 saturated carbocycles. The summed E-state index contributed by atoms with van der Waals surface area (Å²) < 4.78 is 10.8. The fourth-order valence-corrected chi connectivity index (χ4v) is 3.85. The van der Waals surface area contributed by atoms with E-state index >= 15 is 0 Å². The molecule has 0 aliphatic carbocycles. The lowest BCUT2D eigenvalue weighted by Gasteiger charge is -2.32. The third-order valence-electron chi connectivity index (χ3n) is 5.03. The number of ether oxygens (including phenoxy) is 2.